The Morgan fingerprint density at radius 3 is 2.39 bits per heavy atom. The minimum atomic E-state index is -2.37. The number of benzene rings is 3. The van der Waals surface area contributed by atoms with Gasteiger partial charge in [0.1, 0.15) is 24.1 Å². The molecule has 4 heterocycles. The molecule has 3 aromatic carbocycles. The van der Waals surface area contributed by atoms with E-state index in [1.807, 2.05) is 42.6 Å². The van der Waals surface area contributed by atoms with Crippen LogP contribution in [-0.2, 0) is 44.2 Å². The first-order valence-electron chi connectivity index (χ1n) is 18.8. The highest BCUT2D eigenvalue weighted by atomic mass is 28.3. The number of amides is 2. The fourth-order valence-corrected chi connectivity index (χ4v) is 12.9. The van der Waals surface area contributed by atoms with Gasteiger partial charge in [0, 0.05) is 42.9 Å². The third-order valence-corrected chi connectivity index (χ3v) is 16.1. The lowest BCUT2D eigenvalue weighted by Crippen LogP contribution is -2.60. The first-order valence-corrected chi connectivity index (χ1v) is 21.9. The van der Waals surface area contributed by atoms with E-state index in [-0.39, 0.29) is 36.6 Å². The lowest BCUT2D eigenvalue weighted by atomic mass is 9.82. The molecular weight excluding hydrogens is 739 g/mol. The van der Waals surface area contributed by atoms with Crippen LogP contribution in [0.2, 0.25) is 18.6 Å². The van der Waals surface area contributed by atoms with Crippen molar-refractivity contribution in [3.8, 4) is 5.75 Å². The molecule has 3 aliphatic heterocycles. The third kappa shape index (κ3) is 7.04. The summed E-state index contributed by atoms with van der Waals surface area (Å²) >= 11 is 0. The molecule has 298 valence electrons. The van der Waals surface area contributed by atoms with Crippen molar-refractivity contribution in [1.82, 2.24) is 15.0 Å². The van der Waals surface area contributed by atoms with E-state index < -0.39 is 50.3 Å². The predicted molar refractivity (Wildman–Crippen MR) is 207 cm³/mol. The fraction of sp³-hybridized carbons (Fsp3) is 0.450. The minimum Gasteiger partial charge on any atom is -0.497 e. The normalized spacial score (nSPS) is 28.8. The van der Waals surface area contributed by atoms with Crippen molar-refractivity contribution in [1.29, 1.82) is 0 Å². The van der Waals surface area contributed by atoms with E-state index in [1.165, 1.54) is 5.19 Å². The average Bonchev–Trinajstić information content (AvgIpc) is 3.85. The Kier molecular flexibility index (Phi) is 11.2. The summed E-state index contributed by atoms with van der Waals surface area (Å²) in [4.78, 5) is 29.7. The number of hydrogen-bond donors (Lipinski definition) is 6. The van der Waals surface area contributed by atoms with E-state index in [0.29, 0.717) is 30.8 Å². The largest absolute Gasteiger partial charge is 0.497 e. The van der Waals surface area contributed by atoms with E-state index in [2.05, 4.69) is 47.8 Å². The van der Waals surface area contributed by atoms with E-state index in [0.717, 1.165) is 22.6 Å². The molecule has 0 aliphatic carbocycles. The smallest absolute Gasteiger partial charge is 0.264 e. The van der Waals surface area contributed by atoms with Crippen molar-refractivity contribution in [2.45, 2.75) is 93.9 Å². The van der Waals surface area contributed by atoms with Gasteiger partial charge in [0.15, 0.2) is 18.0 Å². The molecule has 56 heavy (non-hydrogen) atoms. The Labute approximate surface area is 325 Å². The molecule has 2 amide bonds. The Balaban J connectivity index is 1.15. The zero-order chi connectivity index (χ0) is 39.9. The number of nitrogens with zero attached hydrogens (tertiary/aromatic N) is 4. The molecule has 1 aromatic heterocycles. The molecular formula is C40H49N5O10Si. The highest BCUT2D eigenvalue weighted by molar-refractivity contribution is 6.91. The van der Waals surface area contributed by atoms with E-state index in [1.54, 1.807) is 41.0 Å². The number of rotatable bonds is 12. The summed E-state index contributed by atoms with van der Waals surface area (Å²) < 4.78 is 19.5. The molecule has 0 unspecified atom stereocenters. The zero-order valence-corrected chi connectivity index (χ0v) is 32.7. The fourth-order valence-electron chi connectivity index (χ4n) is 8.80. The van der Waals surface area contributed by atoms with Crippen molar-refractivity contribution in [3.63, 3.8) is 0 Å². The van der Waals surface area contributed by atoms with Crippen molar-refractivity contribution in [2.24, 2.45) is 5.92 Å². The monoisotopic (exact) mass is 787 g/mol. The molecule has 15 nitrogen and oxygen atoms in total. The quantitative estimate of drug-likeness (QED) is 0.113. The van der Waals surface area contributed by atoms with Crippen molar-refractivity contribution < 1.29 is 49.3 Å². The van der Waals surface area contributed by atoms with Gasteiger partial charge in [0.2, 0.25) is 0 Å². The van der Waals surface area contributed by atoms with Crippen LogP contribution in [0.25, 0.3) is 0 Å². The van der Waals surface area contributed by atoms with Gasteiger partial charge < -0.3 is 50.0 Å². The van der Waals surface area contributed by atoms with Gasteiger partial charge in [-0.05, 0) is 47.9 Å². The molecule has 0 saturated carbocycles. The van der Waals surface area contributed by atoms with Crippen LogP contribution in [0.3, 0.4) is 0 Å². The Hall–Kier alpha value is -4.52. The van der Waals surface area contributed by atoms with Crippen LogP contribution in [-0.4, -0.2) is 111 Å². The lowest BCUT2D eigenvalue weighted by Gasteiger charge is -2.37. The molecule has 7 rings (SSSR count). The summed E-state index contributed by atoms with van der Waals surface area (Å²) in [6.07, 6.45) is -6.18. The number of nitrogens with one attached hydrogen (secondary N) is 1. The Morgan fingerprint density at radius 2 is 1.70 bits per heavy atom. The molecule has 16 heteroatoms. The number of anilines is 2. The molecule has 4 aromatic rings. The van der Waals surface area contributed by atoms with E-state index in [9.17, 15) is 30.3 Å². The van der Waals surface area contributed by atoms with Crippen LogP contribution < -0.4 is 20.1 Å². The van der Waals surface area contributed by atoms with Gasteiger partial charge >= 0.3 is 0 Å². The third-order valence-electron chi connectivity index (χ3n) is 11.7. The molecule has 3 aliphatic rings. The Morgan fingerprint density at radius 1 is 0.982 bits per heavy atom. The van der Waals surface area contributed by atoms with Crippen LogP contribution in [0, 0.1) is 5.92 Å². The molecule has 0 bridgehead atoms. The zero-order valence-electron chi connectivity index (χ0n) is 31.7. The highest BCUT2D eigenvalue weighted by Gasteiger charge is 2.66. The SMILES string of the molecule is COc1ccc([Si](C)(C)[C@H]2[C@H](CCn3cc(CCO)nn3)O[C@@]3(C(=O)N(Cc4ccc(NC(=O)[C@H]5O[C@@H](O)[C@H](O)[C@@H](O)[C@@H]5O)cc4)c4ccccc43)[C@@H]2C)cc1. The first kappa shape index (κ1) is 39.7. The van der Waals surface area contributed by atoms with Crippen molar-refractivity contribution in [2.75, 3.05) is 23.9 Å². The number of para-hydroxylation sites is 1. The number of ether oxygens (including phenoxy) is 3. The molecule has 9 atom stereocenters. The standard InChI is InChI=1S/C40H49N5O10Si/c1-23-36(56(3,4)28-15-13-27(53-2)14-16-28)31(17-19-44-22-26(18-20-46)42-43-44)55-40(23)29-7-5-6-8-30(29)45(39(40)52)21-24-9-11-25(12-10-24)41-37(50)35-33(48)32(47)34(49)38(51)54-35/h5-16,22-23,31-36,38,46-49,51H,17-21H2,1-4H3,(H,41,50)/t23-,31+,32+,33+,34-,35+,36-,38-,40+/m1/s1. The maximum atomic E-state index is 15.1. The van der Waals surface area contributed by atoms with Gasteiger partial charge in [-0.15, -0.1) is 5.10 Å². The van der Waals surface area contributed by atoms with Crippen LogP contribution in [0.1, 0.15) is 30.2 Å². The lowest BCUT2D eigenvalue weighted by molar-refractivity contribution is -0.274. The molecule has 2 fully saturated rings. The summed E-state index contributed by atoms with van der Waals surface area (Å²) in [5, 5.41) is 61.6. The van der Waals surface area contributed by atoms with E-state index in [4.69, 9.17) is 14.2 Å². The predicted octanol–water partition coefficient (Wildman–Crippen LogP) is 1.41. The van der Waals surface area contributed by atoms with Crippen LogP contribution in [0.4, 0.5) is 11.4 Å². The van der Waals surface area contributed by atoms with Gasteiger partial charge in [-0.3, -0.25) is 14.3 Å². The van der Waals surface area contributed by atoms with Gasteiger partial charge in [0.25, 0.3) is 11.8 Å². The topological polar surface area (TPSA) is 209 Å². The van der Waals surface area contributed by atoms with Gasteiger partial charge in [-0.2, -0.15) is 0 Å². The second-order valence-electron chi connectivity index (χ2n) is 15.4. The summed E-state index contributed by atoms with van der Waals surface area (Å²) in [6, 6.07) is 22.8. The number of aromatic nitrogens is 3. The molecule has 2 saturated heterocycles. The average molecular weight is 788 g/mol. The number of carbonyl (C=O) groups is 2. The number of fused-ring (bicyclic) bond motifs is 2. The minimum absolute atomic E-state index is 0.0161. The number of aliphatic hydroxyl groups is 5. The second-order valence-corrected chi connectivity index (χ2v) is 20.1. The number of hydrogen-bond acceptors (Lipinski definition) is 12. The van der Waals surface area contributed by atoms with Crippen LogP contribution >= 0.6 is 0 Å². The summed E-state index contributed by atoms with van der Waals surface area (Å²) in [5.74, 6) is -0.392. The number of methoxy groups -OCH3 is 1. The second kappa shape index (κ2) is 15.8. The van der Waals surface area contributed by atoms with Crippen molar-refractivity contribution >= 4 is 36.4 Å². The summed E-state index contributed by atoms with van der Waals surface area (Å²) in [5.41, 5.74) is 2.20. The van der Waals surface area contributed by atoms with E-state index >= 15 is 4.79 Å². The Bertz CT molecular complexity index is 2030. The van der Waals surface area contributed by atoms with Crippen LogP contribution in [0.5, 0.6) is 5.75 Å². The maximum Gasteiger partial charge on any atom is 0.264 e. The van der Waals surface area contributed by atoms with Gasteiger partial charge in [-0.1, -0.05) is 72.9 Å². The summed E-state index contributed by atoms with van der Waals surface area (Å²) in [7, 11) is -0.725. The number of carbonyl (C=O) groups excluding carboxylic acids is 2. The van der Waals surface area contributed by atoms with Gasteiger partial charge in [-0.25, -0.2) is 0 Å². The molecule has 0 radical (unpaired) electrons. The van der Waals surface area contributed by atoms with Gasteiger partial charge in [0.05, 0.1) is 39.2 Å². The maximum absolute atomic E-state index is 15.1. The van der Waals surface area contributed by atoms with Crippen LogP contribution in [0.15, 0.2) is 79.0 Å². The van der Waals surface area contributed by atoms with Crippen molar-refractivity contribution in [3.05, 3.63) is 95.8 Å². The number of aliphatic hydroxyl groups excluding tert-OH is 5. The summed E-state index contributed by atoms with van der Waals surface area (Å²) in [6.45, 7) is 7.53. The highest BCUT2D eigenvalue weighted by Crippen LogP contribution is 2.60. The molecule has 6 N–H and O–H groups in total. The molecule has 1 spiro atoms. The number of aryl methyl sites for hydroxylation is 1. The first-order chi connectivity index (χ1) is 26.8.